The van der Waals surface area contributed by atoms with Crippen molar-refractivity contribution in [2.75, 3.05) is 31.2 Å². The predicted octanol–water partition coefficient (Wildman–Crippen LogP) is 2.98. The van der Waals surface area contributed by atoms with E-state index in [0.717, 1.165) is 12.8 Å². The van der Waals surface area contributed by atoms with Gasteiger partial charge >= 0.3 is 0 Å². The Kier molecular flexibility index (Phi) is 6.51. The summed E-state index contributed by atoms with van der Waals surface area (Å²) in [6.07, 6.45) is 3.65. The van der Waals surface area contributed by atoms with E-state index in [9.17, 15) is 13.2 Å². The molecule has 1 aromatic carbocycles. The second kappa shape index (κ2) is 8.68. The van der Waals surface area contributed by atoms with Gasteiger partial charge in [-0.15, -0.1) is 0 Å². The Morgan fingerprint density at radius 2 is 1.96 bits per heavy atom. The van der Waals surface area contributed by atoms with Gasteiger partial charge in [-0.1, -0.05) is 18.7 Å². The molecule has 2 aromatic rings. The molecule has 7 nitrogen and oxygen atoms in total. The number of carbonyl (C=O) groups excluding carboxylic acids is 1. The van der Waals surface area contributed by atoms with Crippen molar-refractivity contribution >= 4 is 44.2 Å². The van der Waals surface area contributed by atoms with Crippen molar-refractivity contribution in [3.8, 4) is 0 Å². The Hall–Kier alpha value is -1.49. The normalized spacial score (nSPS) is 16.4. The minimum Gasteiger partial charge on any atom is -0.353 e. The lowest BCUT2D eigenvalue weighted by molar-refractivity contribution is 0.101. The molecule has 1 aromatic heterocycles. The van der Waals surface area contributed by atoms with Crippen LogP contribution in [0.25, 0.3) is 0 Å². The zero-order chi connectivity index (χ0) is 19.4. The van der Waals surface area contributed by atoms with Crippen LogP contribution >= 0.6 is 23.3 Å². The summed E-state index contributed by atoms with van der Waals surface area (Å²) in [4.78, 5) is 16.8. The van der Waals surface area contributed by atoms with Gasteiger partial charge in [0.25, 0.3) is 0 Å². The lowest BCUT2D eigenvalue weighted by Crippen LogP contribution is -2.37. The monoisotopic (exact) mass is 426 g/mol. The maximum Gasteiger partial charge on any atom is 0.243 e. The Bertz CT molecular complexity index is 888. The van der Waals surface area contributed by atoms with E-state index in [1.54, 1.807) is 12.1 Å². The van der Waals surface area contributed by atoms with Crippen LogP contribution in [0.4, 0.5) is 5.13 Å². The lowest BCUT2D eigenvalue weighted by atomic mass is 10.0. The van der Waals surface area contributed by atoms with E-state index in [4.69, 9.17) is 0 Å². The van der Waals surface area contributed by atoms with Crippen LogP contribution < -0.4 is 5.32 Å². The van der Waals surface area contributed by atoms with E-state index in [1.165, 1.54) is 39.7 Å². The smallest absolute Gasteiger partial charge is 0.243 e. The van der Waals surface area contributed by atoms with E-state index < -0.39 is 10.0 Å². The molecule has 1 saturated heterocycles. The van der Waals surface area contributed by atoms with Crippen LogP contribution in [0.5, 0.6) is 0 Å². The van der Waals surface area contributed by atoms with Crippen molar-refractivity contribution in [3.05, 3.63) is 29.8 Å². The number of carbonyl (C=O) groups is 1. The maximum atomic E-state index is 12.7. The Morgan fingerprint density at radius 3 is 2.56 bits per heavy atom. The molecule has 1 N–H and O–H groups in total. The molecule has 0 unspecified atom stereocenters. The molecule has 0 amide bonds. The number of Topliss-reactive ketones (excluding diaryl/α,β-unsaturated/α-hetero) is 1. The zero-order valence-corrected chi connectivity index (χ0v) is 17.7. The molecule has 0 radical (unpaired) electrons. The summed E-state index contributed by atoms with van der Waals surface area (Å²) in [5.74, 6) is 0.427. The largest absolute Gasteiger partial charge is 0.353 e. The highest BCUT2D eigenvalue weighted by Gasteiger charge is 2.28. The molecule has 27 heavy (non-hydrogen) atoms. The molecule has 0 aliphatic carbocycles. The number of ketones is 1. The Balaban J connectivity index is 1.62. The van der Waals surface area contributed by atoms with Gasteiger partial charge in [-0.25, -0.2) is 8.42 Å². The Labute approximate surface area is 167 Å². The second-order valence-electron chi connectivity index (χ2n) is 6.47. The van der Waals surface area contributed by atoms with Gasteiger partial charge in [-0.2, -0.15) is 13.7 Å². The molecule has 1 aliphatic heterocycles. The molecular weight excluding hydrogens is 404 g/mol. The highest BCUT2D eigenvalue weighted by molar-refractivity contribution is 7.98. The van der Waals surface area contributed by atoms with Crippen LogP contribution in [0.3, 0.4) is 0 Å². The van der Waals surface area contributed by atoms with Crippen LogP contribution in [0, 0.1) is 5.92 Å². The van der Waals surface area contributed by atoms with E-state index in [-0.39, 0.29) is 17.2 Å². The molecule has 10 heteroatoms. The summed E-state index contributed by atoms with van der Waals surface area (Å²) >= 11 is 2.64. The number of anilines is 1. The Morgan fingerprint density at radius 1 is 1.30 bits per heavy atom. The van der Waals surface area contributed by atoms with Crippen LogP contribution in [0.1, 0.15) is 30.1 Å². The highest BCUT2D eigenvalue weighted by Crippen LogP contribution is 2.24. The van der Waals surface area contributed by atoms with Crippen LogP contribution in [0.15, 0.2) is 34.3 Å². The van der Waals surface area contributed by atoms with Crippen LogP contribution in [-0.4, -0.2) is 53.8 Å². The molecule has 0 saturated carbocycles. The summed E-state index contributed by atoms with van der Waals surface area (Å²) in [5, 5.41) is 4.21. The number of piperidine rings is 1. The first-order valence-electron chi connectivity index (χ1n) is 8.65. The number of nitrogens with zero attached hydrogens (tertiary/aromatic N) is 3. The fourth-order valence-electron chi connectivity index (χ4n) is 2.81. The van der Waals surface area contributed by atoms with Crippen molar-refractivity contribution in [3.63, 3.8) is 0 Å². The van der Waals surface area contributed by atoms with Crippen molar-refractivity contribution in [2.24, 2.45) is 5.92 Å². The van der Waals surface area contributed by atoms with Gasteiger partial charge in [0.1, 0.15) is 0 Å². The van der Waals surface area contributed by atoms with E-state index >= 15 is 0 Å². The van der Waals surface area contributed by atoms with Crippen LogP contribution in [0.2, 0.25) is 0 Å². The molecule has 1 aliphatic rings. The number of benzene rings is 1. The third-order valence-electron chi connectivity index (χ3n) is 4.55. The summed E-state index contributed by atoms with van der Waals surface area (Å²) in [6.45, 7) is 3.32. The van der Waals surface area contributed by atoms with Crippen molar-refractivity contribution in [1.29, 1.82) is 0 Å². The van der Waals surface area contributed by atoms with Gasteiger partial charge in [0.15, 0.2) is 5.78 Å². The SMILES string of the molecule is CSc1nsc(NCC(=O)c2ccc(S(=O)(=O)N3CCC(C)CC3)cc2)n1. The van der Waals surface area contributed by atoms with Crippen molar-refractivity contribution in [2.45, 2.75) is 29.8 Å². The number of hydrogen-bond acceptors (Lipinski definition) is 8. The molecule has 3 rings (SSSR count). The summed E-state index contributed by atoms with van der Waals surface area (Å²) in [5.41, 5.74) is 0.461. The molecule has 146 valence electrons. The molecular formula is C17H22N4O3S3. The zero-order valence-electron chi connectivity index (χ0n) is 15.2. The molecule has 0 bridgehead atoms. The predicted molar refractivity (Wildman–Crippen MR) is 108 cm³/mol. The van der Waals surface area contributed by atoms with Gasteiger partial charge in [0.05, 0.1) is 11.4 Å². The van der Waals surface area contributed by atoms with E-state index in [2.05, 4.69) is 21.6 Å². The third-order valence-corrected chi connectivity index (χ3v) is 7.80. The van der Waals surface area contributed by atoms with Gasteiger partial charge in [0.2, 0.25) is 20.3 Å². The number of rotatable bonds is 7. The van der Waals surface area contributed by atoms with Gasteiger partial charge in [0, 0.05) is 30.2 Å². The summed E-state index contributed by atoms with van der Waals surface area (Å²) in [7, 11) is -3.50. The average molecular weight is 427 g/mol. The fraction of sp³-hybridized carbons (Fsp3) is 0.471. The fourth-order valence-corrected chi connectivity index (χ4v) is 5.40. The molecule has 1 fully saturated rings. The average Bonchev–Trinajstić information content (AvgIpc) is 3.15. The summed E-state index contributed by atoms with van der Waals surface area (Å²) in [6, 6.07) is 6.16. The first-order valence-corrected chi connectivity index (χ1v) is 12.1. The van der Waals surface area contributed by atoms with Gasteiger partial charge < -0.3 is 5.32 Å². The minimum atomic E-state index is -3.50. The third kappa shape index (κ3) is 4.87. The number of nitrogens with one attached hydrogen (secondary N) is 1. The number of sulfonamides is 1. The maximum absolute atomic E-state index is 12.7. The lowest BCUT2D eigenvalue weighted by Gasteiger charge is -2.29. The van der Waals surface area contributed by atoms with E-state index in [1.807, 2.05) is 6.26 Å². The standard InChI is InChI=1S/C17H22N4O3S3/c1-12-7-9-21(10-8-12)27(23,24)14-5-3-13(4-6-14)15(22)11-18-16-19-17(25-2)20-26-16/h3-6,12H,7-11H2,1-2H3,(H,18,19,20). The van der Waals surface area contributed by atoms with Crippen molar-refractivity contribution in [1.82, 2.24) is 13.7 Å². The minimum absolute atomic E-state index is 0.0825. The highest BCUT2D eigenvalue weighted by atomic mass is 32.2. The van der Waals surface area contributed by atoms with Gasteiger partial charge in [-0.3, -0.25) is 4.79 Å². The first kappa shape index (κ1) is 20.2. The number of aromatic nitrogens is 2. The van der Waals surface area contributed by atoms with Gasteiger partial charge in [-0.05, 0) is 49.3 Å². The first-order chi connectivity index (χ1) is 12.9. The van der Waals surface area contributed by atoms with Crippen LogP contribution in [-0.2, 0) is 10.0 Å². The molecule has 2 heterocycles. The quantitative estimate of drug-likeness (QED) is 0.537. The van der Waals surface area contributed by atoms with E-state index in [0.29, 0.717) is 34.9 Å². The number of thioether (sulfide) groups is 1. The summed E-state index contributed by atoms with van der Waals surface area (Å²) < 4.78 is 31.1. The molecule has 0 spiro atoms. The van der Waals surface area contributed by atoms with Crippen molar-refractivity contribution < 1.29 is 13.2 Å². The number of hydrogen-bond donors (Lipinski definition) is 1. The second-order valence-corrected chi connectivity index (χ2v) is 9.94. The topological polar surface area (TPSA) is 92.3 Å². The molecule has 0 atom stereocenters.